The zero-order valence-electron chi connectivity index (χ0n) is 20.5. The van der Waals surface area contributed by atoms with Crippen molar-refractivity contribution >= 4 is 16.1 Å². The van der Waals surface area contributed by atoms with Crippen molar-refractivity contribution in [3.8, 4) is 0 Å². The second kappa shape index (κ2) is 10.6. The fourth-order valence-corrected chi connectivity index (χ4v) is 6.79. The molecule has 0 heterocycles. The molecule has 4 saturated carbocycles. The van der Waals surface area contributed by atoms with Crippen molar-refractivity contribution < 1.29 is 67.8 Å². The van der Waals surface area contributed by atoms with Gasteiger partial charge in [-0.1, -0.05) is 0 Å². The molecule has 2 unspecified atom stereocenters. The molecular weight excluding hydrogens is 557 g/mol. The SMILES string of the molecule is CCOC(O)C(OCCCCC(F)(F)C(F)(F)S(=O)(=O)O)(OC(=O)C12CC3CC(CC(C3)C1)C2)C(F)(F)F. The number of hydrogen-bond acceptors (Lipinski definition) is 7. The molecule has 0 spiro atoms. The van der Waals surface area contributed by atoms with E-state index in [1.54, 1.807) is 0 Å². The maximum atomic E-state index is 14.3. The number of esters is 1. The Balaban J connectivity index is 1.74. The monoisotopic (exact) mass is 588 g/mol. The van der Waals surface area contributed by atoms with Crippen molar-refractivity contribution in [3.05, 3.63) is 0 Å². The molecule has 4 bridgehead atoms. The fourth-order valence-electron chi connectivity index (χ4n) is 6.31. The minimum atomic E-state index is -6.47. The third-order valence-corrected chi connectivity index (χ3v) is 8.66. The highest BCUT2D eigenvalue weighted by molar-refractivity contribution is 7.87. The molecule has 0 aromatic carbocycles. The number of aliphatic hydroxyl groups excluding tert-OH is 1. The molecule has 0 aliphatic heterocycles. The number of carbonyl (C=O) groups is 1. The molecule has 0 radical (unpaired) electrons. The smallest absolute Gasteiger partial charge is 0.418 e. The van der Waals surface area contributed by atoms with E-state index >= 15 is 0 Å². The van der Waals surface area contributed by atoms with Gasteiger partial charge < -0.3 is 19.3 Å². The Kier molecular flexibility index (Phi) is 8.76. The van der Waals surface area contributed by atoms with Gasteiger partial charge >= 0.3 is 39.2 Å². The van der Waals surface area contributed by atoms with Crippen LogP contribution in [-0.2, 0) is 29.1 Å². The van der Waals surface area contributed by atoms with Gasteiger partial charge in [-0.3, -0.25) is 9.35 Å². The topological polar surface area (TPSA) is 119 Å². The maximum Gasteiger partial charge on any atom is 0.461 e. The highest BCUT2D eigenvalue weighted by Gasteiger charge is 2.68. The van der Waals surface area contributed by atoms with Crippen LogP contribution in [-0.4, -0.2) is 66.7 Å². The number of aliphatic hydroxyl groups is 1. The fraction of sp³-hybridized carbons (Fsp3) is 0.955. The molecule has 0 amide bonds. The van der Waals surface area contributed by atoms with Crippen LogP contribution in [0.4, 0.5) is 30.7 Å². The number of halogens is 7. The number of carbonyl (C=O) groups excluding carboxylic acids is 1. The number of rotatable bonds is 13. The van der Waals surface area contributed by atoms with E-state index in [1.165, 1.54) is 6.92 Å². The van der Waals surface area contributed by atoms with Crippen LogP contribution in [0.15, 0.2) is 0 Å². The van der Waals surface area contributed by atoms with Crippen LogP contribution < -0.4 is 0 Å². The summed E-state index contributed by atoms with van der Waals surface area (Å²) in [7, 11) is -6.47. The Morgan fingerprint density at radius 3 is 1.89 bits per heavy atom. The van der Waals surface area contributed by atoms with Crippen molar-refractivity contribution in [2.75, 3.05) is 13.2 Å². The van der Waals surface area contributed by atoms with Crippen molar-refractivity contribution in [2.24, 2.45) is 23.2 Å². The third-order valence-electron chi connectivity index (χ3n) is 7.71. The molecule has 4 aliphatic rings. The zero-order chi connectivity index (χ0) is 28.8. The van der Waals surface area contributed by atoms with E-state index in [1.807, 2.05) is 0 Å². The van der Waals surface area contributed by atoms with E-state index in [4.69, 9.17) is 14.0 Å². The van der Waals surface area contributed by atoms with Gasteiger partial charge in [0.25, 0.3) is 0 Å². The molecule has 4 aliphatic carbocycles. The third kappa shape index (κ3) is 5.79. The van der Waals surface area contributed by atoms with Gasteiger partial charge in [-0.15, -0.1) is 0 Å². The Hall–Kier alpha value is -1.23. The number of unbranched alkanes of at least 4 members (excludes halogenated alkanes) is 1. The van der Waals surface area contributed by atoms with Crippen LogP contribution in [0.25, 0.3) is 0 Å². The van der Waals surface area contributed by atoms with Gasteiger partial charge in [-0.2, -0.15) is 39.2 Å². The van der Waals surface area contributed by atoms with Crippen molar-refractivity contribution in [2.45, 2.75) is 94.1 Å². The van der Waals surface area contributed by atoms with Gasteiger partial charge in [0, 0.05) is 13.0 Å². The summed E-state index contributed by atoms with van der Waals surface area (Å²) in [6.07, 6.45) is -8.37. The molecule has 0 aromatic heterocycles. The minimum absolute atomic E-state index is 0.161. The first-order valence-electron chi connectivity index (χ1n) is 12.3. The highest BCUT2D eigenvalue weighted by Crippen LogP contribution is 2.61. The van der Waals surface area contributed by atoms with Crippen LogP contribution in [0.2, 0.25) is 0 Å². The predicted octanol–water partition coefficient (Wildman–Crippen LogP) is 4.66. The summed E-state index contributed by atoms with van der Waals surface area (Å²) in [5, 5.41) is 4.43. The molecule has 4 rings (SSSR count). The normalized spacial score (nSPS) is 30.2. The lowest BCUT2D eigenvalue weighted by molar-refractivity contribution is -0.429. The summed E-state index contributed by atoms with van der Waals surface area (Å²) in [5.41, 5.74) is -1.19. The van der Waals surface area contributed by atoms with Gasteiger partial charge in [0.05, 0.1) is 12.0 Å². The second-order valence-corrected chi connectivity index (χ2v) is 12.0. The molecule has 8 nitrogen and oxygen atoms in total. The van der Waals surface area contributed by atoms with Crippen molar-refractivity contribution in [1.29, 1.82) is 0 Å². The standard InChI is InChI=1S/C22H31F7O8S/c1-2-35-17(31)20(21(25,26)27,36-6-4-3-5-19(23,24)22(28,29)38(32,33)34)37-16(30)18-10-13-7-14(11-18)9-15(8-13)12-18/h13-15,17,31H,2-12H2,1H3,(H,32,33,34). The summed E-state index contributed by atoms with van der Waals surface area (Å²) in [4.78, 5) is 13.3. The first kappa shape index (κ1) is 31.3. The maximum absolute atomic E-state index is 14.3. The molecular formula is C22H31F7O8S. The van der Waals surface area contributed by atoms with E-state index in [9.17, 15) is 49.1 Å². The Morgan fingerprint density at radius 2 is 1.47 bits per heavy atom. The average Bonchev–Trinajstić information content (AvgIpc) is 2.75. The van der Waals surface area contributed by atoms with Gasteiger partial charge in [-0.05, 0) is 76.0 Å². The van der Waals surface area contributed by atoms with Crippen LogP contribution in [0, 0.1) is 23.2 Å². The summed E-state index contributed by atoms with van der Waals surface area (Å²) >= 11 is 0. The van der Waals surface area contributed by atoms with Gasteiger partial charge in [-0.25, -0.2) is 0 Å². The number of alkyl halides is 7. The van der Waals surface area contributed by atoms with Crippen LogP contribution >= 0.6 is 0 Å². The summed E-state index contributed by atoms with van der Waals surface area (Å²) in [6.45, 7) is -0.303. The van der Waals surface area contributed by atoms with Crippen molar-refractivity contribution in [3.63, 3.8) is 0 Å². The predicted molar refractivity (Wildman–Crippen MR) is 114 cm³/mol. The molecule has 222 valence electrons. The van der Waals surface area contributed by atoms with Crippen LogP contribution in [0.1, 0.15) is 64.7 Å². The van der Waals surface area contributed by atoms with E-state index in [2.05, 4.69) is 4.74 Å². The van der Waals surface area contributed by atoms with Crippen LogP contribution in [0.3, 0.4) is 0 Å². The molecule has 0 aromatic rings. The average molecular weight is 589 g/mol. The molecule has 2 atom stereocenters. The minimum Gasteiger partial charge on any atom is -0.418 e. The lowest BCUT2D eigenvalue weighted by Gasteiger charge is -2.55. The lowest BCUT2D eigenvalue weighted by atomic mass is 9.49. The Morgan fingerprint density at radius 1 is 0.974 bits per heavy atom. The first-order valence-corrected chi connectivity index (χ1v) is 13.7. The van der Waals surface area contributed by atoms with E-state index < -0.39 is 83.4 Å². The number of ether oxygens (including phenoxy) is 3. The van der Waals surface area contributed by atoms with E-state index in [0.29, 0.717) is 19.3 Å². The molecule has 4 fully saturated rings. The molecule has 16 heteroatoms. The van der Waals surface area contributed by atoms with Gasteiger partial charge in [0.2, 0.25) is 6.29 Å². The summed E-state index contributed by atoms with van der Waals surface area (Å²) in [5.74, 6) is -9.99. The Labute approximate surface area is 214 Å². The van der Waals surface area contributed by atoms with E-state index in [0.717, 1.165) is 19.3 Å². The Bertz CT molecular complexity index is 936. The van der Waals surface area contributed by atoms with Crippen LogP contribution in [0.5, 0.6) is 0 Å². The zero-order valence-corrected chi connectivity index (χ0v) is 21.3. The largest absolute Gasteiger partial charge is 0.461 e. The molecule has 38 heavy (non-hydrogen) atoms. The van der Waals surface area contributed by atoms with Crippen molar-refractivity contribution in [1.82, 2.24) is 0 Å². The van der Waals surface area contributed by atoms with Gasteiger partial charge in [0.15, 0.2) is 0 Å². The second-order valence-electron chi connectivity index (χ2n) is 10.6. The highest BCUT2D eigenvalue weighted by atomic mass is 32.2. The molecule has 2 N–H and O–H groups in total. The van der Waals surface area contributed by atoms with E-state index in [-0.39, 0.29) is 17.8 Å². The summed E-state index contributed by atoms with van der Waals surface area (Å²) < 4.78 is 141. The first-order chi connectivity index (χ1) is 17.3. The quantitative estimate of drug-likeness (QED) is 0.105. The van der Waals surface area contributed by atoms with Gasteiger partial charge in [0.1, 0.15) is 0 Å². The lowest BCUT2D eigenvalue weighted by Crippen LogP contribution is -2.63. The molecule has 0 saturated heterocycles. The summed E-state index contributed by atoms with van der Waals surface area (Å²) in [6, 6.07) is 0. The number of hydrogen-bond donors (Lipinski definition) is 2.